The van der Waals surface area contributed by atoms with E-state index in [4.69, 9.17) is 0 Å². The van der Waals surface area contributed by atoms with Crippen LogP contribution in [0.5, 0.6) is 0 Å². The second kappa shape index (κ2) is 8.56. The van der Waals surface area contributed by atoms with Gasteiger partial charge in [0.25, 0.3) is 15.7 Å². The van der Waals surface area contributed by atoms with E-state index < -0.39 is 43.5 Å². The lowest BCUT2D eigenvalue weighted by atomic mass is 9.89. The second-order valence-electron chi connectivity index (χ2n) is 7.78. The minimum Gasteiger partial charge on any atom is -0.350 e. The number of ketones is 2. The third-order valence-electron chi connectivity index (χ3n) is 5.20. The number of hydrogen-bond acceptors (Lipinski definition) is 7. The summed E-state index contributed by atoms with van der Waals surface area (Å²) in [5.41, 5.74) is 0.0669. The molecule has 0 amide bonds. The summed E-state index contributed by atoms with van der Waals surface area (Å²) >= 11 is 0. The molecule has 1 aliphatic carbocycles. The predicted octanol–water partition coefficient (Wildman–Crippen LogP) is 3.89. The number of hydrogen-bond donors (Lipinski definition) is 2. The van der Waals surface area contributed by atoms with Gasteiger partial charge in [0.1, 0.15) is 17.0 Å². The van der Waals surface area contributed by atoms with Crippen LogP contribution in [-0.2, 0) is 10.0 Å². The van der Waals surface area contributed by atoms with Crippen LogP contribution in [0.4, 0.5) is 11.4 Å². The van der Waals surface area contributed by atoms with Crippen molar-refractivity contribution in [2.24, 2.45) is 0 Å². The van der Waals surface area contributed by atoms with Gasteiger partial charge >= 0.3 is 0 Å². The van der Waals surface area contributed by atoms with Crippen molar-refractivity contribution in [1.82, 2.24) is 4.72 Å². The maximum atomic E-state index is 13.4. The molecule has 0 aromatic heterocycles. The zero-order valence-electron chi connectivity index (χ0n) is 18.2. The smallest absolute Gasteiger partial charge is 0.281 e. The molecule has 0 radical (unpaired) electrons. The topological polar surface area (TPSA) is 135 Å². The number of benzene rings is 3. The first kappa shape index (κ1) is 22.9. The van der Waals surface area contributed by atoms with Crippen LogP contribution < -0.4 is 10.0 Å². The zero-order chi connectivity index (χ0) is 24.6. The Morgan fingerprint density at radius 1 is 0.824 bits per heavy atom. The molecule has 34 heavy (non-hydrogen) atoms. The molecule has 0 atom stereocenters. The van der Waals surface area contributed by atoms with Gasteiger partial charge in [0.15, 0.2) is 0 Å². The highest BCUT2D eigenvalue weighted by Crippen LogP contribution is 2.33. The van der Waals surface area contributed by atoms with E-state index in [2.05, 4.69) is 10.0 Å². The van der Waals surface area contributed by atoms with Gasteiger partial charge in [-0.05, 0) is 55.3 Å². The highest BCUT2D eigenvalue weighted by atomic mass is 32.2. The van der Waals surface area contributed by atoms with E-state index in [0.717, 1.165) is 17.2 Å². The number of fused-ring (bicyclic) bond motifs is 1. The number of allylic oxidation sites excluding steroid dienone is 2. The molecule has 10 heteroatoms. The standard InChI is InChI=1S/C24H19N3O6S/c1-14-11-15(2)13-16(12-14)25-21-22(26-34(32,33)17-7-4-3-5-8-17)24(29)20-18(23(21)28)9-6-10-19(20)27(30)31/h3-13,25-26H,1-2H3. The molecule has 3 aromatic carbocycles. The molecule has 2 N–H and O–H groups in total. The maximum Gasteiger partial charge on any atom is 0.281 e. The van der Waals surface area contributed by atoms with E-state index in [9.17, 15) is 28.1 Å². The summed E-state index contributed by atoms with van der Waals surface area (Å²) < 4.78 is 28.2. The summed E-state index contributed by atoms with van der Waals surface area (Å²) in [4.78, 5) is 37.5. The number of sulfonamides is 1. The quantitative estimate of drug-likeness (QED) is 0.406. The Labute approximate surface area is 195 Å². The van der Waals surface area contributed by atoms with E-state index in [1.807, 2.05) is 19.9 Å². The molecule has 0 spiro atoms. The van der Waals surface area contributed by atoms with E-state index >= 15 is 0 Å². The third kappa shape index (κ3) is 4.18. The van der Waals surface area contributed by atoms with E-state index in [1.165, 1.54) is 36.4 Å². The minimum atomic E-state index is -4.28. The van der Waals surface area contributed by atoms with Crippen molar-refractivity contribution in [2.45, 2.75) is 18.7 Å². The first-order chi connectivity index (χ1) is 16.1. The molecule has 0 aliphatic heterocycles. The van der Waals surface area contributed by atoms with E-state index in [1.54, 1.807) is 18.2 Å². The van der Waals surface area contributed by atoms with Crippen molar-refractivity contribution in [1.29, 1.82) is 0 Å². The van der Waals surface area contributed by atoms with Gasteiger partial charge in [0, 0.05) is 17.3 Å². The molecule has 1 aliphatic rings. The summed E-state index contributed by atoms with van der Waals surface area (Å²) in [6.45, 7) is 3.69. The van der Waals surface area contributed by atoms with E-state index in [0.29, 0.717) is 5.69 Å². The molecule has 0 heterocycles. The van der Waals surface area contributed by atoms with Gasteiger partial charge in [-0.25, -0.2) is 8.42 Å². The molecular formula is C24H19N3O6S. The van der Waals surface area contributed by atoms with E-state index in [-0.39, 0.29) is 16.2 Å². The largest absolute Gasteiger partial charge is 0.350 e. The fourth-order valence-electron chi connectivity index (χ4n) is 3.81. The summed E-state index contributed by atoms with van der Waals surface area (Å²) in [6, 6.07) is 16.3. The number of carbonyl (C=O) groups is 2. The molecule has 0 fully saturated rings. The Morgan fingerprint density at radius 2 is 1.47 bits per heavy atom. The van der Waals surface area contributed by atoms with Crippen molar-refractivity contribution in [2.75, 3.05) is 5.32 Å². The molecule has 3 aromatic rings. The summed E-state index contributed by atoms with van der Waals surface area (Å²) in [7, 11) is -4.28. The van der Waals surface area contributed by atoms with Gasteiger partial charge in [-0.2, -0.15) is 0 Å². The number of Topliss-reactive ketones (excluding diaryl/α,β-unsaturated/α-hetero) is 2. The van der Waals surface area contributed by atoms with Crippen molar-refractivity contribution in [3.63, 3.8) is 0 Å². The number of nitrogens with zero attached hydrogens (tertiary/aromatic N) is 1. The molecule has 4 rings (SSSR count). The van der Waals surface area contributed by atoms with Crippen LogP contribution in [0.15, 0.2) is 83.0 Å². The monoisotopic (exact) mass is 477 g/mol. The molecule has 0 unspecified atom stereocenters. The first-order valence-corrected chi connectivity index (χ1v) is 11.6. The van der Waals surface area contributed by atoms with Gasteiger partial charge in [0.05, 0.1) is 9.82 Å². The average Bonchev–Trinajstić information content (AvgIpc) is 2.79. The van der Waals surface area contributed by atoms with Crippen LogP contribution in [0.25, 0.3) is 0 Å². The Balaban J connectivity index is 1.91. The SMILES string of the molecule is Cc1cc(C)cc(NC2=C(NS(=O)(=O)c3ccccc3)C(=O)c3c(cccc3[N+](=O)[O-])C2=O)c1. The van der Waals surface area contributed by atoms with Crippen LogP contribution in [0.2, 0.25) is 0 Å². The normalized spacial score (nSPS) is 13.5. The fourth-order valence-corrected chi connectivity index (χ4v) is 4.90. The molecule has 9 nitrogen and oxygen atoms in total. The average molecular weight is 477 g/mol. The Bertz CT molecular complexity index is 1470. The van der Waals surface area contributed by atoms with Crippen molar-refractivity contribution < 1.29 is 22.9 Å². The Hall–Kier alpha value is -4.31. The highest BCUT2D eigenvalue weighted by Gasteiger charge is 2.39. The van der Waals surface area contributed by atoms with Crippen molar-refractivity contribution >= 4 is 33.0 Å². The highest BCUT2D eigenvalue weighted by molar-refractivity contribution is 7.89. The van der Waals surface area contributed by atoms with Crippen LogP contribution in [0, 0.1) is 24.0 Å². The Morgan fingerprint density at radius 3 is 2.09 bits per heavy atom. The predicted molar refractivity (Wildman–Crippen MR) is 125 cm³/mol. The Kier molecular flexibility index (Phi) is 5.76. The third-order valence-corrected chi connectivity index (χ3v) is 6.56. The lowest BCUT2D eigenvalue weighted by Crippen LogP contribution is -2.36. The minimum absolute atomic E-state index is 0.137. The zero-order valence-corrected chi connectivity index (χ0v) is 19.0. The summed E-state index contributed by atoms with van der Waals surface area (Å²) in [6.07, 6.45) is 0. The number of rotatable bonds is 6. The van der Waals surface area contributed by atoms with Crippen LogP contribution in [-0.4, -0.2) is 24.9 Å². The number of carbonyl (C=O) groups excluding carboxylic acids is 2. The number of aryl methyl sites for hydroxylation is 2. The van der Waals surface area contributed by atoms with Gasteiger partial charge in [-0.15, -0.1) is 0 Å². The number of nitro groups is 1. The molecular weight excluding hydrogens is 458 g/mol. The molecule has 0 saturated heterocycles. The number of nitrogens with one attached hydrogen (secondary N) is 2. The van der Waals surface area contributed by atoms with Gasteiger partial charge in [0.2, 0.25) is 11.6 Å². The maximum absolute atomic E-state index is 13.4. The lowest BCUT2D eigenvalue weighted by Gasteiger charge is -2.23. The van der Waals surface area contributed by atoms with Gasteiger partial charge in [-0.1, -0.05) is 30.3 Å². The van der Waals surface area contributed by atoms with Gasteiger partial charge in [-0.3, -0.25) is 24.4 Å². The van der Waals surface area contributed by atoms with Crippen LogP contribution >= 0.6 is 0 Å². The van der Waals surface area contributed by atoms with Crippen molar-refractivity contribution in [3.05, 3.63) is 110 Å². The van der Waals surface area contributed by atoms with Crippen molar-refractivity contribution in [3.8, 4) is 0 Å². The van der Waals surface area contributed by atoms with Crippen LogP contribution in [0.1, 0.15) is 31.8 Å². The molecule has 0 bridgehead atoms. The van der Waals surface area contributed by atoms with Crippen LogP contribution in [0.3, 0.4) is 0 Å². The molecule has 172 valence electrons. The van der Waals surface area contributed by atoms with Gasteiger partial charge < -0.3 is 5.32 Å². The second-order valence-corrected chi connectivity index (χ2v) is 9.47. The first-order valence-electron chi connectivity index (χ1n) is 10.1. The fraction of sp³-hybridized carbons (Fsp3) is 0.0833. The number of anilines is 1. The number of nitro benzene ring substituents is 1. The lowest BCUT2D eigenvalue weighted by molar-refractivity contribution is -0.385. The molecule has 0 saturated carbocycles. The summed E-state index contributed by atoms with van der Waals surface area (Å²) in [5.74, 6) is -1.73. The summed E-state index contributed by atoms with van der Waals surface area (Å²) in [5, 5.41) is 14.4.